The van der Waals surface area contributed by atoms with Crippen molar-refractivity contribution in [3.05, 3.63) is 75.9 Å². The van der Waals surface area contributed by atoms with Gasteiger partial charge < -0.3 is 24.8 Å². The van der Waals surface area contributed by atoms with Crippen LogP contribution in [0.3, 0.4) is 0 Å². The molecule has 0 aromatic heterocycles. The molecule has 0 saturated carbocycles. The molecule has 0 aliphatic heterocycles. The van der Waals surface area contributed by atoms with Crippen LogP contribution >= 0.6 is 0 Å². The molecule has 1 aliphatic rings. The minimum atomic E-state index is -2.30. The monoisotopic (exact) mass is 586 g/mol. The zero-order chi connectivity index (χ0) is 18.1. The fourth-order valence-corrected chi connectivity index (χ4v) is 24.3. The summed E-state index contributed by atoms with van der Waals surface area (Å²) >= 11 is -2.30. The van der Waals surface area contributed by atoms with Crippen molar-refractivity contribution in [2.45, 2.75) is 37.5 Å². The van der Waals surface area contributed by atoms with Crippen molar-refractivity contribution in [3.8, 4) is 0 Å². The Bertz CT molecular complexity index is 831. The number of nitrogens with one attached hydrogen (secondary N) is 1. The Morgan fingerprint density at radius 1 is 1.04 bits per heavy atom. The second-order valence-corrected chi connectivity index (χ2v) is 33.6. The van der Waals surface area contributed by atoms with Gasteiger partial charge in [-0.25, -0.2) is 0 Å². The van der Waals surface area contributed by atoms with Crippen LogP contribution in [0.1, 0.15) is 41.8 Å². The molecular formula is C21H26Cl2HfNOSi. The van der Waals surface area contributed by atoms with Crippen LogP contribution in [0, 0.1) is 20.8 Å². The van der Waals surface area contributed by atoms with Crippen LogP contribution in [-0.4, -0.2) is 11.9 Å². The molecule has 2 nitrogen and oxygen atoms in total. The fraction of sp³-hybridized carbons (Fsp3) is 0.286. The van der Waals surface area contributed by atoms with Gasteiger partial charge in [0.15, 0.2) is 0 Å². The molecule has 1 amide bonds. The molecule has 3 rings (SSSR count). The van der Waals surface area contributed by atoms with Gasteiger partial charge in [-0.3, -0.25) is 0 Å². The van der Waals surface area contributed by atoms with Crippen molar-refractivity contribution < 1.29 is 50.5 Å². The van der Waals surface area contributed by atoms with Gasteiger partial charge in [0.2, 0.25) is 0 Å². The summed E-state index contributed by atoms with van der Waals surface area (Å²) in [6, 6.07) is 12.9. The second kappa shape index (κ2) is 10.2. The van der Waals surface area contributed by atoms with Crippen molar-refractivity contribution >= 4 is 18.0 Å². The third-order valence-corrected chi connectivity index (χ3v) is 29.8. The van der Waals surface area contributed by atoms with Crippen LogP contribution in [0.15, 0.2) is 42.5 Å². The van der Waals surface area contributed by atoms with Crippen molar-refractivity contribution in [3.63, 3.8) is 0 Å². The second-order valence-electron chi connectivity index (χ2n) is 7.30. The third-order valence-electron chi connectivity index (χ3n) is 4.92. The van der Waals surface area contributed by atoms with Crippen molar-refractivity contribution in [1.82, 2.24) is 3.30 Å². The number of carbonyl (C=O) groups is 1. The predicted octanol–water partition coefficient (Wildman–Crippen LogP) is -1.37. The Hall–Kier alpha value is -0.683. The summed E-state index contributed by atoms with van der Waals surface area (Å²) in [5.74, 6) is -0.725. The Balaban J connectivity index is 0.00000182. The first-order chi connectivity index (χ1) is 11.9. The van der Waals surface area contributed by atoms with E-state index in [-0.39, 0.29) is 30.7 Å². The van der Waals surface area contributed by atoms with Crippen LogP contribution in [0.25, 0.3) is 6.08 Å². The smallest absolute Gasteiger partial charge is 1.00 e. The molecule has 0 radical (unpaired) electrons. The molecule has 143 valence electrons. The van der Waals surface area contributed by atoms with Gasteiger partial charge in [0.1, 0.15) is 0 Å². The summed E-state index contributed by atoms with van der Waals surface area (Å²) in [7, 11) is 0. The maximum atomic E-state index is 13.1. The van der Waals surface area contributed by atoms with Gasteiger partial charge in [-0.1, -0.05) is 0 Å². The maximum absolute atomic E-state index is 13.1. The minimum Gasteiger partial charge on any atom is -1.00 e. The van der Waals surface area contributed by atoms with Crippen LogP contribution in [-0.2, 0) is 20.9 Å². The van der Waals surface area contributed by atoms with Gasteiger partial charge >= 0.3 is 160 Å². The van der Waals surface area contributed by atoms with Crippen molar-refractivity contribution in [2.24, 2.45) is 0 Å². The average molecular weight is 586 g/mol. The molecule has 1 N–H and O–H groups in total. The SMILES string of the molecule is Cc1cc(C)c(C(=O)[NH][Hf+2]([CH]2C=Cc3ccccc32)[SiH](C)C)c(C)c1.[Cl-].[Cl-]. The van der Waals surface area contributed by atoms with Crippen LogP contribution in [0.4, 0.5) is 0 Å². The number of benzene rings is 2. The molecule has 27 heavy (non-hydrogen) atoms. The quantitative estimate of drug-likeness (QED) is 0.442. The standard InChI is InChI=1S/C10H13NO.C9H7.C2H7Si.2ClH.Hf/c1-6-4-7(2)9(10(11)12)8(3)5-6;1-2-5-9-7-3-6-8(9)4-1;1-3-2;;;/h4-5H,1-3H3,(H2,11,12);1-7H;3H,1-2H3;2*1H;/q;;;;;+3/p-3. The van der Waals surface area contributed by atoms with E-state index in [1.807, 2.05) is 0 Å². The van der Waals surface area contributed by atoms with Gasteiger partial charge in [-0.2, -0.15) is 0 Å². The first kappa shape index (κ1) is 24.4. The van der Waals surface area contributed by atoms with Crippen LogP contribution in [0.2, 0.25) is 13.1 Å². The summed E-state index contributed by atoms with van der Waals surface area (Å²) < 4.78 is 4.10. The molecule has 0 spiro atoms. The first-order valence-corrected chi connectivity index (χ1v) is 21.9. The summed E-state index contributed by atoms with van der Waals surface area (Å²) in [5, 5.41) is 0. The molecule has 2 aromatic carbocycles. The molecule has 6 heteroatoms. The average Bonchev–Trinajstić information content (AvgIpc) is 2.95. The summed E-state index contributed by atoms with van der Waals surface area (Å²) in [6.45, 7) is 11.0. The zero-order valence-corrected chi connectivity index (χ0v) is 22.7. The van der Waals surface area contributed by atoms with Crippen molar-refractivity contribution in [1.29, 1.82) is 0 Å². The van der Waals surface area contributed by atoms with Crippen molar-refractivity contribution in [2.75, 3.05) is 0 Å². The Kier molecular flexibility index (Phi) is 9.20. The van der Waals surface area contributed by atoms with E-state index in [4.69, 9.17) is 0 Å². The number of fused-ring (bicyclic) bond motifs is 1. The summed E-state index contributed by atoms with van der Waals surface area (Å²) in [4.78, 5) is 13.1. The first-order valence-electron chi connectivity index (χ1n) is 8.91. The van der Waals surface area contributed by atoms with Gasteiger partial charge in [0, 0.05) is 0 Å². The van der Waals surface area contributed by atoms with E-state index in [1.165, 1.54) is 16.7 Å². The van der Waals surface area contributed by atoms with E-state index in [2.05, 4.69) is 85.7 Å². The molecule has 1 unspecified atom stereocenters. The van der Waals surface area contributed by atoms with E-state index in [0.717, 1.165) is 16.7 Å². The summed E-state index contributed by atoms with van der Waals surface area (Å²) in [5.41, 5.74) is 7.06. The molecular weight excluding hydrogens is 560 g/mol. The number of hydrogen-bond acceptors (Lipinski definition) is 1. The molecule has 2 aromatic rings. The topological polar surface area (TPSA) is 29.1 Å². The molecule has 1 atom stereocenters. The zero-order valence-electron chi connectivity index (χ0n) is 16.4. The van der Waals surface area contributed by atoms with E-state index >= 15 is 0 Å². The largest absolute Gasteiger partial charge is 1.00 e. The Morgan fingerprint density at radius 2 is 1.63 bits per heavy atom. The number of aryl methyl sites for hydroxylation is 3. The van der Waals surface area contributed by atoms with E-state index in [0.29, 0.717) is 3.67 Å². The van der Waals surface area contributed by atoms with Gasteiger partial charge in [-0.05, 0) is 0 Å². The normalized spacial score (nSPS) is 14.2. The van der Waals surface area contributed by atoms with Gasteiger partial charge in [-0.15, -0.1) is 0 Å². The number of allylic oxidation sites excluding steroid dienone is 1. The van der Waals surface area contributed by atoms with E-state index < -0.39 is 26.9 Å². The number of hydrogen-bond donors (Lipinski definition) is 1. The Morgan fingerprint density at radius 3 is 2.22 bits per heavy atom. The molecule has 0 heterocycles. The molecule has 1 aliphatic carbocycles. The molecule has 0 saturated heterocycles. The minimum absolute atomic E-state index is 0. The van der Waals surface area contributed by atoms with Crippen LogP contribution in [0.5, 0.6) is 0 Å². The number of amides is 1. The number of halogens is 2. The maximum Gasteiger partial charge on any atom is -1.00 e. The summed E-state index contributed by atoms with van der Waals surface area (Å²) in [6.07, 6.45) is 4.60. The fourth-order valence-electron chi connectivity index (χ4n) is 3.83. The molecule has 0 bridgehead atoms. The van der Waals surface area contributed by atoms with Gasteiger partial charge in [0.25, 0.3) is 0 Å². The third kappa shape index (κ3) is 5.23. The van der Waals surface area contributed by atoms with Crippen LogP contribution < -0.4 is 28.1 Å². The Labute approximate surface area is 184 Å². The van der Waals surface area contributed by atoms with E-state index in [1.54, 1.807) is 0 Å². The molecule has 0 fully saturated rings. The van der Waals surface area contributed by atoms with E-state index in [9.17, 15) is 4.79 Å². The van der Waals surface area contributed by atoms with Gasteiger partial charge in [0.05, 0.1) is 0 Å². The number of rotatable bonds is 4. The number of carbonyl (C=O) groups excluding carboxylic acids is 1. The predicted molar refractivity (Wildman–Crippen MR) is 105 cm³/mol.